The first-order valence-electron chi connectivity index (χ1n) is 7.67. The van der Waals surface area contributed by atoms with E-state index in [9.17, 15) is 4.79 Å². The lowest BCUT2D eigenvalue weighted by molar-refractivity contribution is 0.962. The van der Waals surface area contributed by atoms with Gasteiger partial charge in [-0.2, -0.15) is 5.10 Å². The molecule has 0 aliphatic rings. The van der Waals surface area contributed by atoms with Crippen LogP contribution in [0.25, 0.3) is 16.6 Å². The van der Waals surface area contributed by atoms with E-state index >= 15 is 0 Å². The van der Waals surface area contributed by atoms with Gasteiger partial charge in [-0.3, -0.25) is 9.78 Å². The summed E-state index contributed by atoms with van der Waals surface area (Å²) in [4.78, 5) is 19.8. The zero-order valence-electron chi connectivity index (χ0n) is 12.8. The lowest BCUT2D eigenvalue weighted by Gasteiger charge is -2.04. The molecule has 114 valence electrons. The third-order valence-corrected chi connectivity index (χ3v) is 4.09. The molecule has 0 saturated carbocycles. The Bertz CT molecular complexity index is 1050. The van der Waals surface area contributed by atoms with Crippen LogP contribution in [-0.2, 0) is 12.8 Å². The van der Waals surface area contributed by atoms with E-state index in [0.29, 0.717) is 5.39 Å². The van der Waals surface area contributed by atoms with Gasteiger partial charge in [-0.1, -0.05) is 37.3 Å². The van der Waals surface area contributed by atoms with Crippen molar-refractivity contribution in [2.75, 3.05) is 0 Å². The van der Waals surface area contributed by atoms with Gasteiger partial charge in [-0.25, -0.2) is 4.52 Å². The van der Waals surface area contributed by atoms with Crippen molar-refractivity contribution in [2.45, 2.75) is 19.8 Å². The van der Waals surface area contributed by atoms with E-state index < -0.39 is 0 Å². The Balaban J connectivity index is 1.91. The zero-order valence-corrected chi connectivity index (χ0v) is 12.8. The molecule has 1 N–H and O–H groups in total. The second kappa shape index (κ2) is 5.35. The number of rotatable bonds is 3. The summed E-state index contributed by atoms with van der Waals surface area (Å²) in [5.74, 6) is 0. The molecule has 0 spiro atoms. The van der Waals surface area contributed by atoms with Crippen molar-refractivity contribution in [3.63, 3.8) is 0 Å². The summed E-state index contributed by atoms with van der Waals surface area (Å²) in [6.07, 6.45) is 5.07. The summed E-state index contributed by atoms with van der Waals surface area (Å²) in [6, 6.07) is 12.0. The third kappa shape index (κ3) is 2.30. The predicted octanol–water partition coefficient (Wildman–Crippen LogP) is 2.72. The summed E-state index contributed by atoms with van der Waals surface area (Å²) < 4.78 is 1.77. The number of hydrogen-bond donors (Lipinski definition) is 1. The molecular formula is C18H16N4O. The predicted molar refractivity (Wildman–Crippen MR) is 89.7 cm³/mol. The van der Waals surface area contributed by atoms with Gasteiger partial charge in [-0.15, -0.1) is 0 Å². The lowest BCUT2D eigenvalue weighted by Crippen LogP contribution is -2.11. The van der Waals surface area contributed by atoms with Gasteiger partial charge in [0, 0.05) is 17.7 Å². The number of aromatic nitrogens is 4. The molecule has 0 aliphatic heterocycles. The van der Waals surface area contributed by atoms with Gasteiger partial charge in [0.15, 0.2) is 0 Å². The van der Waals surface area contributed by atoms with Crippen molar-refractivity contribution < 1.29 is 0 Å². The van der Waals surface area contributed by atoms with Crippen LogP contribution in [0.1, 0.15) is 23.7 Å². The largest absolute Gasteiger partial charge is 0.306 e. The van der Waals surface area contributed by atoms with Crippen molar-refractivity contribution in [2.24, 2.45) is 0 Å². The number of hydrogen-bond acceptors (Lipinski definition) is 3. The van der Waals surface area contributed by atoms with Crippen LogP contribution in [0.15, 0.2) is 53.6 Å². The van der Waals surface area contributed by atoms with E-state index in [1.807, 2.05) is 37.4 Å². The van der Waals surface area contributed by atoms with E-state index in [0.717, 1.165) is 35.3 Å². The standard InChI is InChI=1S/C18H16N4O/c1-2-14-9-15-16(11-19-14)22-17(21-18(15)23)13(10-20-22)8-12-6-4-3-5-7-12/h3-7,9-11H,2,8H2,1H3,(H,21,23). The molecule has 1 aromatic carbocycles. The summed E-state index contributed by atoms with van der Waals surface area (Å²) in [5.41, 5.74) is 4.45. The van der Waals surface area contributed by atoms with Crippen LogP contribution in [0.3, 0.4) is 0 Å². The van der Waals surface area contributed by atoms with Crippen molar-refractivity contribution in [1.82, 2.24) is 19.6 Å². The molecule has 5 heteroatoms. The molecule has 0 aliphatic carbocycles. The van der Waals surface area contributed by atoms with Gasteiger partial charge < -0.3 is 4.98 Å². The Morgan fingerprint density at radius 2 is 2.00 bits per heavy atom. The number of pyridine rings is 1. The average molecular weight is 304 g/mol. The molecule has 0 saturated heterocycles. The maximum atomic E-state index is 12.4. The number of nitrogens with zero attached hydrogens (tertiary/aromatic N) is 3. The second-order valence-corrected chi connectivity index (χ2v) is 5.59. The maximum absolute atomic E-state index is 12.4. The number of fused-ring (bicyclic) bond motifs is 3. The molecule has 0 amide bonds. The number of nitrogens with one attached hydrogen (secondary N) is 1. The number of H-pyrrole nitrogens is 1. The minimum atomic E-state index is -0.0978. The Hall–Kier alpha value is -2.95. The topological polar surface area (TPSA) is 63.0 Å². The minimum absolute atomic E-state index is 0.0978. The number of aromatic amines is 1. The highest BCUT2D eigenvalue weighted by atomic mass is 16.1. The van der Waals surface area contributed by atoms with Gasteiger partial charge in [0.1, 0.15) is 5.65 Å². The molecule has 0 bridgehead atoms. The maximum Gasteiger partial charge on any atom is 0.259 e. The Labute approximate surface area is 132 Å². The SMILES string of the molecule is CCc1cc2c(=O)[nH]c3c(Cc4ccccc4)cnn3c2cn1. The fraction of sp³-hybridized carbons (Fsp3) is 0.167. The first-order valence-corrected chi connectivity index (χ1v) is 7.67. The smallest absolute Gasteiger partial charge is 0.259 e. The summed E-state index contributed by atoms with van der Waals surface area (Å²) in [6.45, 7) is 2.02. The summed E-state index contributed by atoms with van der Waals surface area (Å²) in [5, 5.41) is 5.07. The van der Waals surface area contributed by atoms with Crippen LogP contribution in [0.4, 0.5) is 0 Å². The van der Waals surface area contributed by atoms with Gasteiger partial charge in [0.05, 0.1) is 23.3 Å². The second-order valence-electron chi connectivity index (χ2n) is 5.59. The first-order chi connectivity index (χ1) is 11.3. The van der Waals surface area contributed by atoms with Crippen LogP contribution >= 0.6 is 0 Å². The van der Waals surface area contributed by atoms with E-state index in [1.54, 1.807) is 10.7 Å². The lowest BCUT2D eigenvalue weighted by atomic mass is 10.1. The van der Waals surface area contributed by atoms with Gasteiger partial charge in [0.2, 0.25) is 0 Å². The molecule has 3 heterocycles. The van der Waals surface area contributed by atoms with Gasteiger partial charge in [0.25, 0.3) is 5.56 Å². The Morgan fingerprint density at radius 1 is 1.17 bits per heavy atom. The molecule has 3 aromatic heterocycles. The van der Waals surface area contributed by atoms with Crippen LogP contribution in [0, 0.1) is 0 Å². The van der Waals surface area contributed by atoms with E-state index in [1.165, 1.54) is 5.56 Å². The van der Waals surface area contributed by atoms with E-state index in [4.69, 9.17) is 0 Å². The molecule has 23 heavy (non-hydrogen) atoms. The van der Waals surface area contributed by atoms with Crippen LogP contribution in [0.5, 0.6) is 0 Å². The van der Waals surface area contributed by atoms with Crippen LogP contribution in [-0.4, -0.2) is 19.6 Å². The Kier molecular flexibility index (Phi) is 3.19. The molecule has 4 aromatic rings. The fourth-order valence-electron chi connectivity index (χ4n) is 2.85. The molecule has 0 fully saturated rings. The summed E-state index contributed by atoms with van der Waals surface area (Å²) >= 11 is 0. The van der Waals surface area contributed by atoms with Crippen molar-refractivity contribution in [3.8, 4) is 0 Å². The zero-order chi connectivity index (χ0) is 15.8. The van der Waals surface area contributed by atoms with Crippen molar-refractivity contribution in [1.29, 1.82) is 0 Å². The van der Waals surface area contributed by atoms with Gasteiger partial charge >= 0.3 is 0 Å². The normalized spacial score (nSPS) is 11.3. The molecule has 4 rings (SSSR count). The summed E-state index contributed by atoms with van der Waals surface area (Å²) in [7, 11) is 0. The van der Waals surface area contributed by atoms with Crippen molar-refractivity contribution in [3.05, 3.63) is 76.0 Å². The molecule has 0 atom stereocenters. The van der Waals surface area contributed by atoms with Crippen LogP contribution in [0.2, 0.25) is 0 Å². The van der Waals surface area contributed by atoms with E-state index in [2.05, 4.69) is 27.2 Å². The highest BCUT2D eigenvalue weighted by molar-refractivity contribution is 5.80. The molecular weight excluding hydrogens is 288 g/mol. The molecule has 0 radical (unpaired) electrons. The number of benzene rings is 1. The monoisotopic (exact) mass is 304 g/mol. The van der Waals surface area contributed by atoms with E-state index in [-0.39, 0.29) is 5.56 Å². The highest BCUT2D eigenvalue weighted by Crippen LogP contribution is 2.17. The highest BCUT2D eigenvalue weighted by Gasteiger charge is 2.11. The van der Waals surface area contributed by atoms with Crippen LogP contribution < -0.4 is 5.56 Å². The molecule has 0 unspecified atom stereocenters. The average Bonchev–Trinajstić information content (AvgIpc) is 2.98. The fourth-order valence-corrected chi connectivity index (χ4v) is 2.85. The van der Waals surface area contributed by atoms with Crippen molar-refractivity contribution >= 4 is 16.6 Å². The first kappa shape index (κ1) is 13.7. The number of aryl methyl sites for hydroxylation is 1. The third-order valence-electron chi connectivity index (χ3n) is 4.09. The quantitative estimate of drug-likeness (QED) is 0.633. The van der Waals surface area contributed by atoms with Gasteiger partial charge in [-0.05, 0) is 18.1 Å². The minimum Gasteiger partial charge on any atom is -0.306 e. The Morgan fingerprint density at radius 3 is 2.78 bits per heavy atom. The molecule has 5 nitrogen and oxygen atoms in total.